The van der Waals surface area contributed by atoms with E-state index in [0.717, 1.165) is 10.9 Å². The lowest BCUT2D eigenvalue weighted by atomic mass is 10.1. The highest BCUT2D eigenvalue weighted by Gasteiger charge is 2.18. The molecule has 1 rings (SSSR count). The first kappa shape index (κ1) is 14.0. The first-order valence-corrected chi connectivity index (χ1v) is 7.45. The van der Waals surface area contributed by atoms with E-state index >= 15 is 0 Å². The van der Waals surface area contributed by atoms with Gasteiger partial charge in [0.25, 0.3) is 5.91 Å². The van der Waals surface area contributed by atoms with Crippen molar-refractivity contribution in [3.05, 3.63) is 20.8 Å². The van der Waals surface area contributed by atoms with E-state index in [1.807, 2.05) is 19.2 Å². The predicted molar refractivity (Wildman–Crippen MR) is 74.0 cm³/mol. The molecule has 1 aromatic rings. The molecule has 0 fully saturated rings. The summed E-state index contributed by atoms with van der Waals surface area (Å²) in [6, 6.07) is 0.130. The summed E-state index contributed by atoms with van der Waals surface area (Å²) in [6.45, 7) is 5.99. The highest BCUT2D eigenvalue weighted by molar-refractivity contribution is 9.09. The van der Waals surface area contributed by atoms with Crippen molar-refractivity contribution in [1.29, 1.82) is 0 Å². The third-order valence-electron chi connectivity index (χ3n) is 2.56. The molecule has 16 heavy (non-hydrogen) atoms. The van der Waals surface area contributed by atoms with Crippen LogP contribution < -0.4 is 5.32 Å². The monoisotopic (exact) mass is 323 g/mol. The molecule has 0 saturated carbocycles. The van der Waals surface area contributed by atoms with Crippen LogP contribution in [0.4, 0.5) is 0 Å². The van der Waals surface area contributed by atoms with Crippen molar-refractivity contribution in [2.75, 3.05) is 5.33 Å². The lowest BCUT2D eigenvalue weighted by molar-refractivity contribution is 0.0935. The number of halogens is 2. The zero-order valence-electron chi connectivity index (χ0n) is 9.51. The first-order chi connectivity index (χ1) is 7.47. The van der Waals surface area contributed by atoms with E-state index in [1.54, 1.807) is 0 Å². The van der Waals surface area contributed by atoms with Crippen LogP contribution in [0.1, 0.15) is 29.1 Å². The van der Waals surface area contributed by atoms with E-state index in [9.17, 15) is 4.79 Å². The van der Waals surface area contributed by atoms with E-state index in [0.29, 0.717) is 15.8 Å². The van der Waals surface area contributed by atoms with Gasteiger partial charge in [-0.15, -0.1) is 11.3 Å². The minimum Gasteiger partial charge on any atom is -0.349 e. The Morgan fingerprint density at radius 1 is 1.62 bits per heavy atom. The van der Waals surface area contributed by atoms with Gasteiger partial charge in [0.1, 0.15) is 4.88 Å². The molecule has 1 amide bonds. The van der Waals surface area contributed by atoms with Crippen LogP contribution in [0, 0.1) is 12.8 Å². The lowest BCUT2D eigenvalue weighted by Gasteiger charge is -2.18. The molecule has 5 heteroatoms. The van der Waals surface area contributed by atoms with Gasteiger partial charge in [0.05, 0.1) is 5.02 Å². The molecule has 90 valence electrons. The molecule has 1 N–H and O–H groups in total. The van der Waals surface area contributed by atoms with Crippen molar-refractivity contribution in [3.63, 3.8) is 0 Å². The second-order valence-corrected chi connectivity index (χ2v) is 5.86. The summed E-state index contributed by atoms with van der Waals surface area (Å²) in [7, 11) is 0. The summed E-state index contributed by atoms with van der Waals surface area (Å²) in [5, 5.41) is 6.29. The van der Waals surface area contributed by atoms with Crippen molar-refractivity contribution in [3.8, 4) is 0 Å². The summed E-state index contributed by atoms with van der Waals surface area (Å²) in [5.41, 5.74) is 0.956. The van der Waals surface area contributed by atoms with Crippen LogP contribution in [-0.4, -0.2) is 17.3 Å². The van der Waals surface area contributed by atoms with E-state index in [4.69, 9.17) is 11.6 Å². The molecule has 0 saturated heterocycles. The van der Waals surface area contributed by atoms with Gasteiger partial charge >= 0.3 is 0 Å². The van der Waals surface area contributed by atoms with Gasteiger partial charge < -0.3 is 5.32 Å². The summed E-state index contributed by atoms with van der Waals surface area (Å²) in [5.74, 6) is 0.312. The molecule has 0 aromatic carbocycles. The van der Waals surface area contributed by atoms with E-state index < -0.39 is 0 Å². The van der Waals surface area contributed by atoms with Gasteiger partial charge in [-0.1, -0.05) is 34.5 Å². The van der Waals surface area contributed by atoms with Crippen LogP contribution in [0.5, 0.6) is 0 Å². The Morgan fingerprint density at radius 3 is 2.69 bits per heavy atom. The highest BCUT2D eigenvalue weighted by Crippen LogP contribution is 2.27. The van der Waals surface area contributed by atoms with Gasteiger partial charge in [0.15, 0.2) is 0 Å². The SMILES string of the molecule is Cc1csc(C(=O)NC(C)C(C)CBr)c1Cl. The number of hydrogen-bond acceptors (Lipinski definition) is 2. The van der Waals surface area contributed by atoms with E-state index in [-0.39, 0.29) is 11.9 Å². The number of thiophene rings is 1. The summed E-state index contributed by atoms with van der Waals surface area (Å²) in [6.07, 6.45) is 0. The Bertz CT molecular complexity index is 380. The molecule has 0 aliphatic rings. The van der Waals surface area contributed by atoms with Gasteiger partial charge in [0, 0.05) is 11.4 Å². The first-order valence-electron chi connectivity index (χ1n) is 5.07. The second-order valence-electron chi connectivity index (χ2n) is 3.96. The topological polar surface area (TPSA) is 29.1 Å². The van der Waals surface area contributed by atoms with Gasteiger partial charge in [-0.2, -0.15) is 0 Å². The van der Waals surface area contributed by atoms with Crippen LogP contribution in [0.15, 0.2) is 5.38 Å². The van der Waals surface area contributed by atoms with Crippen molar-refractivity contribution < 1.29 is 4.79 Å². The number of carbonyl (C=O) groups is 1. The maximum atomic E-state index is 11.9. The Labute approximate surface area is 114 Å². The highest BCUT2D eigenvalue weighted by atomic mass is 79.9. The molecular formula is C11H15BrClNOS. The third kappa shape index (κ3) is 3.22. The summed E-state index contributed by atoms with van der Waals surface area (Å²) < 4.78 is 0. The second kappa shape index (κ2) is 6.03. The standard InChI is InChI=1S/C11H15BrClNOS/c1-6(4-12)8(3)14-11(15)10-9(13)7(2)5-16-10/h5-6,8H,4H2,1-3H3,(H,14,15). The Morgan fingerprint density at radius 2 is 2.25 bits per heavy atom. The van der Waals surface area contributed by atoms with Crippen LogP contribution in [0.3, 0.4) is 0 Å². The van der Waals surface area contributed by atoms with Gasteiger partial charge in [-0.3, -0.25) is 4.79 Å². The number of hydrogen-bond donors (Lipinski definition) is 1. The quantitative estimate of drug-likeness (QED) is 0.837. The van der Waals surface area contributed by atoms with Crippen molar-refractivity contribution >= 4 is 44.8 Å². The maximum absolute atomic E-state index is 11.9. The minimum absolute atomic E-state index is 0.0802. The largest absolute Gasteiger partial charge is 0.349 e. The lowest BCUT2D eigenvalue weighted by Crippen LogP contribution is -2.37. The number of carbonyl (C=O) groups excluding carboxylic acids is 1. The molecule has 0 aliphatic heterocycles. The van der Waals surface area contributed by atoms with Crippen LogP contribution in [0.2, 0.25) is 5.02 Å². The third-order valence-corrected chi connectivity index (χ3v) is 5.28. The molecule has 2 unspecified atom stereocenters. The zero-order chi connectivity index (χ0) is 12.3. The Hall–Kier alpha value is -0.0600. The molecular weight excluding hydrogens is 310 g/mol. The Balaban J connectivity index is 2.69. The van der Waals surface area contributed by atoms with Gasteiger partial charge in [-0.05, 0) is 30.7 Å². The van der Waals surface area contributed by atoms with Gasteiger partial charge in [-0.25, -0.2) is 0 Å². The minimum atomic E-state index is -0.0802. The fraction of sp³-hybridized carbons (Fsp3) is 0.545. The molecule has 0 radical (unpaired) electrons. The number of alkyl halides is 1. The van der Waals surface area contributed by atoms with Crippen molar-refractivity contribution in [2.45, 2.75) is 26.8 Å². The van der Waals surface area contributed by atoms with Crippen LogP contribution >= 0.6 is 38.9 Å². The number of rotatable bonds is 4. The van der Waals surface area contributed by atoms with E-state index in [1.165, 1.54) is 11.3 Å². The normalized spacial score (nSPS) is 14.6. The molecule has 2 nitrogen and oxygen atoms in total. The zero-order valence-corrected chi connectivity index (χ0v) is 12.7. The van der Waals surface area contributed by atoms with Crippen molar-refractivity contribution in [2.24, 2.45) is 5.92 Å². The smallest absolute Gasteiger partial charge is 0.263 e. The molecule has 0 bridgehead atoms. The Kier molecular flexibility index (Phi) is 5.28. The molecule has 0 spiro atoms. The van der Waals surface area contributed by atoms with Crippen LogP contribution in [0.25, 0.3) is 0 Å². The molecule has 0 aliphatic carbocycles. The fourth-order valence-corrected chi connectivity index (χ4v) is 2.87. The average molecular weight is 325 g/mol. The van der Waals surface area contributed by atoms with Gasteiger partial charge in [0.2, 0.25) is 0 Å². The summed E-state index contributed by atoms with van der Waals surface area (Å²) in [4.78, 5) is 12.5. The molecule has 1 heterocycles. The molecule has 1 aromatic heterocycles. The maximum Gasteiger partial charge on any atom is 0.263 e. The van der Waals surface area contributed by atoms with Crippen molar-refractivity contribution in [1.82, 2.24) is 5.32 Å². The molecule has 2 atom stereocenters. The summed E-state index contributed by atoms with van der Waals surface area (Å²) >= 11 is 10.8. The fourth-order valence-electron chi connectivity index (χ4n) is 1.13. The number of aryl methyl sites for hydroxylation is 1. The number of nitrogens with one attached hydrogen (secondary N) is 1. The van der Waals surface area contributed by atoms with Crippen LogP contribution in [-0.2, 0) is 0 Å². The predicted octanol–water partition coefficient (Wildman–Crippen LogP) is 3.86. The van der Waals surface area contributed by atoms with E-state index in [2.05, 4.69) is 28.2 Å². The average Bonchev–Trinajstić information content (AvgIpc) is 2.58. The number of amides is 1.